The van der Waals surface area contributed by atoms with Crippen LogP contribution in [0.25, 0.3) is 11.3 Å². The third kappa shape index (κ3) is 7.37. The molecule has 0 spiro atoms. The minimum atomic E-state index is -2.18. The second-order valence-corrected chi connectivity index (χ2v) is 19.8. The van der Waals surface area contributed by atoms with Gasteiger partial charge in [-0.1, -0.05) is 68.8 Å². The number of rotatable bonds is 10. The highest BCUT2D eigenvalue weighted by Crippen LogP contribution is 2.43. The van der Waals surface area contributed by atoms with Crippen LogP contribution in [0, 0.1) is 0 Å². The molecular formula is C36H44ClN5O6Si. The van der Waals surface area contributed by atoms with E-state index in [1.165, 1.54) is 11.1 Å². The van der Waals surface area contributed by atoms with Crippen molar-refractivity contribution in [2.75, 3.05) is 25.1 Å². The molecule has 2 amide bonds. The Bertz CT molecular complexity index is 1760. The highest BCUT2D eigenvalue weighted by Gasteiger charge is 2.45. The zero-order chi connectivity index (χ0) is 35.1. The van der Waals surface area contributed by atoms with Gasteiger partial charge in [0.05, 0.1) is 41.5 Å². The number of carbonyl (C=O) groups is 3. The lowest BCUT2D eigenvalue weighted by molar-refractivity contribution is -0.138. The van der Waals surface area contributed by atoms with E-state index in [9.17, 15) is 19.5 Å². The van der Waals surface area contributed by atoms with E-state index in [1.807, 2.05) is 18.2 Å². The number of carbonyl (C=O) groups excluding carboxylic acids is 2. The van der Waals surface area contributed by atoms with Gasteiger partial charge in [-0.25, -0.2) is 9.97 Å². The normalized spacial score (nSPS) is 21.0. The first-order valence-electron chi connectivity index (χ1n) is 16.8. The van der Waals surface area contributed by atoms with Crippen molar-refractivity contribution in [3.05, 3.63) is 75.9 Å². The van der Waals surface area contributed by atoms with Crippen LogP contribution in [0.4, 0.5) is 5.95 Å². The molecule has 1 saturated heterocycles. The number of halogens is 1. The summed E-state index contributed by atoms with van der Waals surface area (Å²) in [6.45, 7) is 12.0. The number of hydrogen-bond donors (Lipinski definition) is 3. The molecule has 260 valence electrons. The number of fused-ring (bicyclic) bond motifs is 2. The van der Waals surface area contributed by atoms with Crippen molar-refractivity contribution in [2.45, 2.75) is 88.8 Å². The topological polar surface area (TPSA) is 143 Å². The Labute approximate surface area is 292 Å². The molecule has 2 aliphatic heterocycles. The fraction of sp³-hybridized carbons (Fsp3) is 0.472. The van der Waals surface area contributed by atoms with E-state index < -0.39 is 32.3 Å². The Morgan fingerprint density at radius 1 is 1.12 bits per heavy atom. The van der Waals surface area contributed by atoms with Gasteiger partial charge in [0.1, 0.15) is 6.54 Å². The summed E-state index contributed by atoms with van der Waals surface area (Å²) in [6, 6.07) is 12.1. The van der Waals surface area contributed by atoms with Gasteiger partial charge in [-0.3, -0.25) is 14.4 Å². The lowest BCUT2D eigenvalue weighted by Crippen LogP contribution is -2.48. The summed E-state index contributed by atoms with van der Waals surface area (Å²) in [7, 11) is -2.18. The summed E-state index contributed by atoms with van der Waals surface area (Å²) in [5.41, 5.74) is 4.00. The molecule has 1 fully saturated rings. The number of aliphatic carboxylic acids is 1. The van der Waals surface area contributed by atoms with Crippen molar-refractivity contribution in [3.63, 3.8) is 0 Å². The highest BCUT2D eigenvalue weighted by molar-refractivity contribution is 6.74. The van der Waals surface area contributed by atoms with Gasteiger partial charge >= 0.3 is 5.97 Å². The van der Waals surface area contributed by atoms with Crippen LogP contribution in [-0.4, -0.2) is 78.0 Å². The van der Waals surface area contributed by atoms with Crippen molar-refractivity contribution < 1.29 is 28.7 Å². The molecule has 49 heavy (non-hydrogen) atoms. The Morgan fingerprint density at radius 2 is 1.86 bits per heavy atom. The molecule has 0 saturated carbocycles. The molecule has 3 aromatic rings. The predicted molar refractivity (Wildman–Crippen MR) is 189 cm³/mol. The zero-order valence-corrected chi connectivity index (χ0v) is 30.3. The molecule has 0 bridgehead atoms. The van der Waals surface area contributed by atoms with Crippen LogP contribution in [0.5, 0.6) is 0 Å². The van der Waals surface area contributed by atoms with Gasteiger partial charge in [-0.05, 0) is 53.7 Å². The van der Waals surface area contributed by atoms with Crippen LogP contribution < -0.4 is 10.6 Å². The lowest BCUT2D eigenvalue weighted by Gasteiger charge is -2.40. The summed E-state index contributed by atoms with van der Waals surface area (Å²) >= 11 is 6.54. The number of hydrogen-bond acceptors (Lipinski definition) is 8. The summed E-state index contributed by atoms with van der Waals surface area (Å²) < 4.78 is 12.3. The van der Waals surface area contributed by atoms with Gasteiger partial charge in [-0.2, -0.15) is 0 Å². The lowest BCUT2D eigenvalue weighted by atomic mass is 9.98. The van der Waals surface area contributed by atoms with Crippen LogP contribution in [0.15, 0.2) is 48.7 Å². The van der Waals surface area contributed by atoms with Gasteiger partial charge in [0.2, 0.25) is 11.9 Å². The van der Waals surface area contributed by atoms with Gasteiger partial charge in [-0.15, -0.1) is 0 Å². The minimum Gasteiger partial charge on any atom is -0.481 e. The van der Waals surface area contributed by atoms with Crippen molar-refractivity contribution in [1.29, 1.82) is 0 Å². The van der Waals surface area contributed by atoms with E-state index in [4.69, 9.17) is 20.8 Å². The molecule has 0 radical (unpaired) electrons. The average molecular weight is 706 g/mol. The number of ether oxygens (including phenoxy) is 1. The van der Waals surface area contributed by atoms with E-state index in [-0.39, 0.29) is 36.1 Å². The molecule has 13 heteroatoms. The maximum absolute atomic E-state index is 14.0. The summed E-state index contributed by atoms with van der Waals surface area (Å²) in [4.78, 5) is 50.1. The number of benzene rings is 2. The second kappa shape index (κ2) is 13.8. The molecule has 2 aromatic carbocycles. The standard InChI is InChI=1S/C36H44ClN5O6Si/c1-36(2,3)49(4,5)48-29-17-21-8-6-7-9-24(21)33(29)40-30(43)20-42-28(18-31(44)45)25-11-10-22(16-26(25)34(42)46)32-27(37)19-38-35(41-32)39-23-12-14-47-15-13-23/h6-11,16,19,23,28-29,33H,12-15,17-18,20H2,1-5H3,(H,40,43)(H,44,45)(H,38,39,41)/t28?,29?,33-/m0/s1. The number of aromatic nitrogens is 2. The van der Waals surface area contributed by atoms with Crippen LogP contribution in [-0.2, 0) is 25.2 Å². The monoisotopic (exact) mass is 705 g/mol. The molecule has 1 aliphatic carbocycles. The van der Waals surface area contributed by atoms with E-state index in [0.717, 1.165) is 24.0 Å². The fourth-order valence-electron chi connectivity index (χ4n) is 6.64. The maximum atomic E-state index is 14.0. The number of carboxylic acids is 1. The Kier molecular flexibility index (Phi) is 9.87. The minimum absolute atomic E-state index is 0.0219. The molecule has 1 aromatic heterocycles. The third-order valence-corrected chi connectivity index (χ3v) is 15.1. The molecule has 6 rings (SSSR count). The highest BCUT2D eigenvalue weighted by atomic mass is 35.5. The average Bonchev–Trinajstić information content (AvgIpc) is 3.50. The number of carboxylic acid groups (broad SMARTS) is 1. The first kappa shape index (κ1) is 35.0. The summed E-state index contributed by atoms with van der Waals surface area (Å²) in [5.74, 6) is -1.46. The van der Waals surface area contributed by atoms with E-state index in [0.29, 0.717) is 53.0 Å². The van der Waals surface area contributed by atoms with Crippen LogP contribution in [0.3, 0.4) is 0 Å². The first-order chi connectivity index (χ1) is 23.2. The molecule has 11 nitrogen and oxygen atoms in total. The second-order valence-electron chi connectivity index (χ2n) is 14.6. The van der Waals surface area contributed by atoms with Crippen molar-refractivity contribution in [3.8, 4) is 11.3 Å². The van der Waals surface area contributed by atoms with Crippen LogP contribution >= 0.6 is 11.6 Å². The smallest absolute Gasteiger partial charge is 0.305 e. The molecule has 2 unspecified atom stereocenters. The van der Waals surface area contributed by atoms with Gasteiger partial charge < -0.3 is 29.8 Å². The van der Waals surface area contributed by atoms with E-state index in [2.05, 4.69) is 60.5 Å². The number of anilines is 1. The van der Waals surface area contributed by atoms with Crippen LogP contribution in [0.2, 0.25) is 23.2 Å². The molecule has 3 atom stereocenters. The SMILES string of the molecule is CC(C)(C)[Si](C)(C)OC1Cc2ccccc2[C@@H]1NC(=O)CN1C(=O)c2cc(-c3nc(NC4CCOCC4)ncc3Cl)ccc2C1CC(=O)O. The van der Waals surface area contributed by atoms with Crippen molar-refractivity contribution in [2.24, 2.45) is 0 Å². The molecule has 3 heterocycles. The van der Waals surface area contributed by atoms with Gasteiger partial charge in [0.15, 0.2) is 8.32 Å². The Balaban J connectivity index is 1.23. The predicted octanol–water partition coefficient (Wildman–Crippen LogP) is 6.16. The third-order valence-electron chi connectivity index (χ3n) is 10.3. The summed E-state index contributed by atoms with van der Waals surface area (Å²) in [6.07, 6.45) is 3.26. The van der Waals surface area contributed by atoms with E-state index >= 15 is 0 Å². The fourth-order valence-corrected chi connectivity index (χ4v) is 8.17. The molecule has 3 N–H and O–H groups in total. The number of amides is 2. The first-order valence-corrected chi connectivity index (χ1v) is 20.1. The van der Waals surface area contributed by atoms with Gasteiger partial charge in [0, 0.05) is 36.8 Å². The maximum Gasteiger partial charge on any atom is 0.305 e. The summed E-state index contributed by atoms with van der Waals surface area (Å²) in [5, 5.41) is 16.6. The molecular weight excluding hydrogens is 662 g/mol. The van der Waals surface area contributed by atoms with Crippen molar-refractivity contribution in [1.82, 2.24) is 20.2 Å². The number of nitrogens with zero attached hydrogens (tertiary/aromatic N) is 3. The molecule has 3 aliphatic rings. The number of nitrogens with one attached hydrogen (secondary N) is 2. The van der Waals surface area contributed by atoms with Crippen molar-refractivity contribution >= 4 is 43.7 Å². The van der Waals surface area contributed by atoms with Crippen LogP contribution in [0.1, 0.15) is 79.2 Å². The van der Waals surface area contributed by atoms with Gasteiger partial charge in [0.25, 0.3) is 5.91 Å². The van der Waals surface area contributed by atoms with E-state index in [1.54, 1.807) is 18.2 Å². The Hall–Kier alpha value is -3.84. The zero-order valence-electron chi connectivity index (χ0n) is 28.6. The largest absolute Gasteiger partial charge is 0.481 e. The quantitative estimate of drug-likeness (QED) is 0.211. The Morgan fingerprint density at radius 3 is 2.57 bits per heavy atom.